The summed E-state index contributed by atoms with van der Waals surface area (Å²) in [6.07, 6.45) is 2.90. The summed E-state index contributed by atoms with van der Waals surface area (Å²) in [4.78, 5) is 14.8. The van der Waals surface area contributed by atoms with E-state index in [-0.39, 0.29) is 12.2 Å². The van der Waals surface area contributed by atoms with Gasteiger partial charge < -0.3 is 4.74 Å². The fourth-order valence-corrected chi connectivity index (χ4v) is 1.53. The van der Waals surface area contributed by atoms with Crippen molar-refractivity contribution in [2.45, 2.75) is 18.9 Å². The second-order valence-electron chi connectivity index (χ2n) is 3.25. The van der Waals surface area contributed by atoms with Gasteiger partial charge in [-0.15, -0.1) is 0 Å². The van der Waals surface area contributed by atoms with E-state index in [0.29, 0.717) is 18.6 Å². The Morgan fingerprint density at radius 3 is 3.14 bits per heavy atom. The molecule has 0 spiro atoms. The number of Topliss-reactive ketones (excluding diaryl/α,β-unsaturated/α-hetero) is 1. The largest absolute Gasteiger partial charge is 0.372 e. The maximum Gasteiger partial charge on any atom is 0.147 e. The van der Waals surface area contributed by atoms with Crippen molar-refractivity contribution in [2.75, 3.05) is 6.61 Å². The summed E-state index contributed by atoms with van der Waals surface area (Å²) in [6, 6.07) is 1.55. The zero-order valence-electron chi connectivity index (χ0n) is 7.57. The van der Waals surface area contributed by atoms with Gasteiger partial charge in [0, 0.05) is 24.6 Å². The SMILES string of the molecule is O=C1CCOC(c2ccncc2F)C1. The van der Waals surface area contributed by atoms with Crippen molar-refractivity contribution in [3.63, 3.8) is 0 Å². The van der Waals surface area contributed by atoms with E-state index in [0.717, 1.165) is 6.20 Å². The number of hydrogen-bond donors (Lipinski definition) is 0. The minimum absolute atomic E-state index is 0.123. The molecular weight excluding hydrogens is 185 g/mol. The van der Waals surface area contributed by atoms with E-state index in [9.17, 15) is 9.18 Å². The van der Waals surface area contributed by atoms with Crippen molar-refractivity contribution >= 4 is 5.78 Å². The van der Waals surface area contributed by atoms with Crippen LogP contribution in [0.4, 0.5) is 4.39 Å². The van der Waals surface area contributed by atoms with E-state index in [1.807, 2.05) is 0 Å². The molecule has 1 aromatic heterocycles. The zero-order valence-corrected chi connectivity index (χ0v) is 7.57. The summed E-state index contributed by atoms with van der Waals surface area (Å²) in [7, 11) is 0. The van der Waals surface area contributed by atoms with Crippen LogP contribution in [0, 0.1) is 5.82 Å². The molecule has 1 saturated heterocycles. The van der Waals surface area contributed by atoms with Crippen molar-refractivity contribution in [1.29, 1.82) is 0 Å². The lowest BCUT2D eigenvalue weighted by Crippen LogP contribution is -2.20. The Morgan fingerprint density at radius 2 is 2.43 bits per heavy atom. The van der Waals surface area contributed by atoms with Crippen LogP contribution >= 0.6 is 0 Å². The molecule has 1 aliphatic rings. The average Bonchev–Trinajstić information content (AvgIpc) is 2.18. The van der Waals surface area contributed by atoms with Gasteiger partial charge in [-0.3, -0.25) is 9.78 Å². The highest BCUT2D eigenvalue weighted by molar-refractivity contribution is 5.79. The molecule has 0 aliphatic carbocycles. The summed E-state index contributed by atoms with van der Waals surface area (Å²) < 4.78 is 18.6. The molecule has 0 bridgehead atoms. The van der Waals surface area contributed by atoms with Gasteiger partial charge in [-0.1, -0.05) is 0 Å². The fraction of sp³-hybridized carbons (Fsp3) is 0.400. The highest BCUT2D eigenvalue weighted by Crippen LogP contribution is 2.27. The predicted octanol–water partition coefficient (Wildman–Crippen LogP) is 1.64. The molecule has 14 heavy (non-hydrogen) atoms. The molecule has 1 unspecified atom stereocenters. The molecule has 4 heteroatoms. The third-order valence-corrected chi connectivity index (χ3v) is 2.26. The molecule has 0 saturated carbocycles. The Balaban J connectivity index is 2.22. The van der Waals surface area contributed by atoms with Crippen LogP contribution in [0.1, 0.15) is 24.5 Å². The van der Waals surface area contributed by atoms with E-state index >= 15 is 0 Å². The topological polar surface area (TPSA) is 39.2 Å². The lowest BCUT2D eigenvalue weighted by atomic mass is 10.0. The Morgan fingerprint density at radius 1 is 1.57 bits per heavy atom. The van der Waals surface area contributed by atoms with Crippen molar-refractivity contribution < 1.29 is 13.9 Å². The molecule has 0 radical (unpaired) electrons. The second-order valence-corrected chi connectivity index (χ2v) is 3.25. The zero-order chi connectivity index (χ0) is 9.97. The number of pyridine rings is 1. The lowest BCUT2D eigenvalue weighted by molar-refractivity contribution is -0.128. The Kier molecular flexibility index (Phi) is 2.54. The fourth-order valence-electron chi connectivity index (χ4n) is 1.53. The van der Waals surface area contributed by atoms with Gasteiger partial charge in [0.05, 0.1) is 18.9 Å². The molecule has 1 atom stereocenters. The number of rotatable bonds is 1. The highest BCUT2D eigenvalue weighted by Gasteiger charge is 2.23. The molecule has 1 aliphatic heterocycles. The molecule has 74 valence electrons. The van der Waals surface area contributed by atoms with Gasteiger partial charge in [-0.05, 0) is 6.07 Å². The van der Waals surface area contributed by atoms with Crippen LogP contribution in [0.2, 0.25) is 0 Å². The van der Waals surface area contributed by atoms with Crippen molar-refractivity contribution in [3.8, 4) is 0 Å². The molecule has 2 rings (SSSR count). The minimum atomic E-state index is -0.431. The van der Waals surface area contributed by atoms with Crippen molar-refractivity contribution in [2.24, 2.45) is 0 Å². The molecule has 1 fully saturated rings. The first-order valence-electron chi connectivity index (χ1n) is 4.50. The van der Waals surface area contributed by atoms with E-state index in [4.69, 9.17) is 4.74 Å². The Hall–Kier alpha value is -1.29. The number of aromatic nitrogens is 1. The van der Waals surface area contributed by atoms with Gasteiger partial charge in [-0.2, -0.15) is 0 Å². The maximum absolute atomic E-state index is 13.2. The number of ether oxygens (including phenoxy) is 1. The summed E-state index contributed by atoms with van der Waals surface area (Å²) in [5.74, 6) is -0.287. The average molecular weight is 195 g/mol. The van der Waals surface area contributed by atoms with E-state index in [2.05, 4.69) is 4.98 Å². The van der Waals surface area contributed by atoms with Crippen LogP contribution in [0.15, 0.2) is 18.5 Å². The standard InChI is InChI=1S/C10H10FNO2/c11-9-6-12-3-1-8(9)10-5-7(13)2-4-14-10/h1,3,6,10H,2,4-5H2. The summed E-state index contributed by atoms with van der Waals surface area (Å²) in [5.41, 5.74) is 0.424. The molecule has 3 nitrogen and oxygen atoms in total. The second kappa shape index (κ2) is 3.84. The van der Waals surface area contributed by atoms with E-state index in [1.165, 1.54) is 6.20 Å². The number of carbonyl (C=O) groups is 1. The molecule has 0 amide bonds. The molecule has 0 aromatic carbocycles. The minimum Gasteiger partial charge on any atom is -0.372 e. The maximum atomic E-state index is 13.2. The number of halogens is 1. The molecule has 1 aromatic rings. The van der Waals surface area contributed by atoms with Gasteiger partial charge in [0.1, 0.15) is 11.6 Å². The van der Waals surface area contributed by atoms with Crippen LogP contribution in [0.5, 0.6) is 0 Å². The third-order valence-electron chi connectivity index (χ3n) is 2.26. The first kappa shape index (κ1) is 9.27. The molecular formula is C10H10FNO2. The number of ketones is 1. The van der Waals surface area contributed by atoms with Crippen LogP contribution in [-0.4, -0.2) is 17.4 Å². The van der Waals surface area contributed by atoms with Crippen molar-refractivity contribution in [3.05, 3.63) is 29.8 Å². The van der Waals surface area contributed by atoms with Crippen molar-refractivity contribution in [1.82, 2.24) is 4.98 Å². The smallest absolute Gasteiger partial charge is 0.147 e. The van der Waals surface area contributed by atoms with Gasteiger partial charge in [0.15, 0.2) is 0 Å². The summed E-state index contributed by atoms with van der Waals surface area (Å²) in [6.45, 7) is 0.380. The third kappa shape index (κ3) is 1.80. The van der Waals surface area contributed by atoms with E-state index < -0.39 is 11.9 Å². The van der Waals surface area contributed by atoms with Crippen LogP contribution in [0.25, 0.3) is 0 Å². The van der Waals surface area contributed by atoms with Gasteiger partial charge in [-0.25, -0.2) is 4.39 Å². The first-order chi connectivity index (χ1) is 6.77. The lowest BCUT2D eigenvalue weighted by Gasteiger charge is -2.22. The van der Waals surface area contributed by atoms with Gasteiger partial charge >= 0.3 is 0 Å². The van der Waals surface area contributed by atoms with Gasteiger partial charge in [0.25, 0.3) is 0 Å². The molecule has 0 N–H and O–H groups in total. The van der Waals surface area contributed by atoms with Gasteiger partial charge in [0.2, 0.25) is 0 Å². The highest BCUT2D eigenvalue weighted by atomic mass is 19.1. The molecule has 2 heterocycles. The quantitative estimate of drug-likeness (QED) is 0.683. The number of carbonyl (C=O) groups excluding carboxylic acids is 1. The Labute approximate surface area is 80.9 Å². The Bertz CT molecular complexity index is 354. The van der Waals surface area contributed by atoms with Crippen LogP contribution < -0.4 is 0 Å². The normalized spacial score (nSPS) is 22.4. The number of hydrogen-bond acceptors (Lipinski definition) is 3. The monoisotopic (exact) mass is 195 g/mol. The summed E-state index contributed by atoms with van der Waals surface area (Å²) >= 11 is 0. The number of nitrogens with zero attached hydrogens (tertiary/aromatic N) is 1. The van der Waals surface area contributed by atoms with Crippen LogP contribution in [0.3, 0.4) is 0 Å². The van der Waals surface area contributed by atoms with Crippen LogP contribution in [-0.2, 0) is 9.53 Å². The predicted molar refractivity (Wildman–Crippen MR) is 47.1 cm³/mol. The first-order valence-corrected chi connectivity index (χ1v) is 4.50. The summed E-state index contributed by atoms with van der Waals surface area (Å²) in [5, 5.41) is 0. The van der Waals surface area contributed by atoms with E-state index in [1.54, 1.807) is 6.07 Å².